The maximum atomic E-state index is 12.8. The lowest BCUT2D eigenvalue weighted by Gasteiger charge is -2.18. The molecule has 1 aliphatic rings. The number of aryl methyl sites for hydroxylation is 1. The SMILES string of the molecule is CCOc1ccc(S(=O)(=O)Nc2ccc3c(c2)OCC(C)(C)C(=O)N3)cc1C. The Morgan fingerprint density at radius 2 is 1.96 bits per heavy atom. The summed E-state index contributed by atoms with van der Waals surface area (Å²) in [5.41, 5.74) is 0.910. The predicted molar refractivity (Wildman–Crippen MR) is 108 cm³/mol. The molecule has 2 N–H and O–H groups in total. The summed E-state index contributed by atoms with van der Waals surface area (Å²) in [4.78, 5) is 12.3. The number of ether oxygens (including phenoxy) is 2. The first-order valence-electron chi connectivity index (χ1n) is 8.97. The van der Waals surface area contributed by atoms with Crippen LogP contribution < -0.4 is 19.5 Å². The largest absolute Gasteiger partial charge is 0.494 e. The molecular formula is C20H24N2O5S. The molecule has 3 rings (SSSR count). The quantitative estimate of drug-likeness (QED) is 0.795. The molecule has 0 aromatic heterocycles. The van der Waals surface area contributed by atoms with Crippen LogP contribution in [0.5, 0.6) is 11.5 Å². The Morgan fingerprint density at radius 3 is 2.64 bits per heavy atom. The zero-order chi connectivity index (χ0) is 20.5. The van der Waals surface area contributed by atoms with E-state index in [1.54, 1.807) is 51.1 Å². The highest BCUT2D eigenvalue weighted by atomic mass is 32.2. The standard InChI is InChI=1S/C20H24N2O5S/c1-5-26-17-9-7-15(10-13(17)2)28(24,25)22-14-6-8-16-18(11-14)27-12-20(3,4)19(23)21-16/h6-11,22H,5,12H2,1-4H3,(H,21,23). The lowest BCUT2D eigenvalue weighted by atomic mass is 9.94. The first-order chi connectivity index (χ1) is 13.1. The molecule has 0 aliphatic carbocycles. The van der Waals surface area contributed by atoms with Gasteiger partial charge in [0.25, 0.3) is 10.0 Å². The molecule has 0 fully saturated rings. The Bertz CT molecular complexity index is 1020. The van der Waals surface area contributed by atoms with Crippen LogP contribution in [0.25, 0.3) is 0 Å². The molecule has 2 aromatic rings. The average Bonchev–Trinajstić information content (AvgIpc) is 2.73. The number of carbonyl (C=O) groups excluding carboxylic acids is 1. The third-order valence-corrected chi connectivity index (χ3v) is 5.82. The van der Waals surface area contributed by atoms with Gasteiger partial charge in [0.15, 0.2) is 0 Å². The number of sulfonamides is 1. The molecule has 8 heteroatoms. The van der Waals surface area contributed by atoms with Crippen LogP contribution >= 0.6 is 0 Å². The summed E-state index contributed by atoms with van der Waals surface area (Å²) in [5.74, 6) is 0.921. The second kappa shape index (κ2) is 7.35. The molecule has 1 heterocycles. The van der Waals surface area contributed by atoms with Crippen molar-refractivity contribution < 1.29 is 22.7 Å². The van der Waals surface area contributed by atoms with Crippen LogP contribution in [-0.4, -0.2) is 27.5 Å². The van der Waals surface area contributed by atoms with E-state index in [0.29, 0.717) is 29.5 Å². The summed E-state index contributed by atoms with van der Waals surface area (Å²) >= 11 is 0. The summed E-state index contributed by atoms with van der Waals surface area (Å²) in [6, 6.07) is 9.48. The van der Waals surface area contributed by atoms with Crippen molar-refractivity contribution in [3.05, 3.63) is 42.0 Å². The Kier molecular flexibility index (Phi) is 5.25. The minimum atomic E-state index is -3.79. The van der Waals surface area contributed by atoms with Gasteiger partial charge in [-0.15, -0.1) is 0 Å². The lowest BCUT2D eigenvalue weighted by molar-refractivity contribution is -0.124. The van der Waals surface area contributed by atoms with Crippen molar-refractivity contribution in [2.75, 3.05) is 23.3 Å². The van der Waals surface area contributed by atoms with Gasteiger partial charge in [-0.1, -0.05) is 0 Å². The number of hydrogen-bond acceptors (Lipinski definition) is 5. The number of rotatable bonds is 5. The second-order valence-electron chi connectivity index (χ2n) is 7.30. The van der Waals surface area contributed by atoms with E-state index in [-0.39, 0.29) is 17.4 Å². The first kappa shape index (κ1) is 20.0. The van der Waals surface area contributed by atoms with Crippen molar-refractivity contribution in [3.63, 3.8) is 0 Å². The molecule has 0 unspecified atom stereocenters. The van der Waals surface area contributed by atoms with E-state index in [9.17, 15) is 13.2 Å². The topological polar surface area (TPSA) is 93.7 Å². The summed E-state index contributed by atoms with van der Waals surface area (Å²) in [6.45, 7) is 7.94. The molecule has 0 radical (unpaired) electrons. The highest BCUT2D eigenvalue weighted by Crippen LogP contribution is 2.35. The van der Waals surface area contributed by atoms with Crippen LogP contribution in [0.1, 0.15) is 26.3 Å². The smallest absolute Gasteiger partial charge is 0.261 e. The van der Waals surface area contributed by atoms with Gasteiger partial charge in [0.2, 0.25) is 5.91 Å². The maximum Gasteiger partial charge on any atom is 0.261 e. The Balaban J connectivity index is 1.85. The van der Waals surface area contributed by atoms with E-state index in [4.69, 9.17) is 9.47 Å². The summed E-state index contributed by atoms with van der Waals surface area (Å²) in [6.07, 6.45) is 0. The van der Waals surface area contributed by atoms with E-state index in [0.717, 1.165) is 5.56 Å². The lowest BCUT2D eigenvalue weighted by Crippen LogP contribution is -2.33. The Labute approximate surface area is 165 Å². The number of carbonyl (C=O) groups is 1. The number of benzene rings is 2. The Morgan fingerprint density at radius 1 is 1.21 bits per heavy atom. The van der Waals surface area contributed by atoms with Crippen LogP contribution in [0.2, 0.25) is 0 Å². The van der Waals surface area contributed by atoms with Crippen LogP contribution in [0, 0.1) is 12.3 Å². The van der Waals surface area contributed by atoms with Gasteiger partial charge in [-0.05, 0) is 63.6 Å². The van der Waals surface area contributed by atoms with Crippen LogP contribution in [0.3, 0.4) is 0 Å². The fraction of sp³-hybridized carbons (Fsp3) is 0.350. The number of hydrogen-bond donors (Lipinski definition) is 2. The molecule has 0 bridgehead atoms. The minimum absolute atomic E-state index is 0.138. The monoisotopic (exact) mass is 404 g/mol. The van der Waals surface area contributed by atoms with Crippen molar-refractivity contribution in [1.29, 1.82) is 0 Å². The normalized spacial score (nSPS) is 15.6. The van der Waals surface area contributed by atoms with Gasteiger partial charge in [-0.25, -0.2) is 8.42 Å². The van der Waals surface area contributed by atoms with Gasteiger partial charge in [-0.2, -0.15) is 0 Å². The average molecular weight is 404 g/mol. The van der Waals surface area contributed by atoms with Crippen molar-refractivity contribution in [2.45, 2.75) is 32.6 Å². The van der Waals surface area contributed by atoms with E-state index in [2.05, 4.69) is 10.0 Å². The summed E-state index contributed by atoms with van der Waals surface area (Å²) in [7, 11) is -3.79. The van der Waals surface area contributed by atoms with Crippen LogP contribution in [0.15, 0.2) is 41.3 Å². The Hall–Kier alpha value is -2.74. The molecule has 28 heavy (non-hydrogen) atoms. The molecule has 1 amide bonds. The molecule has 7 nitrogen and oxygen atoms in total. The fourth-order valence-electron chi connectivity index (χ4n) is 2.74. The van der Waals surface area contributed by atoms with Crippen molar-refractivity contribution in [3.8, 4) is 11.5 Å². The van der Waals surface area contributed by atoms with Gasteiger partial charge < -0.3 is 14.8 Å². The molecule has 1 aliphatic heterocycles. The molecule has 0 spiro atoms. The maximum absolute atomic E-state index is 12.8. The number of amides is 1. The highest BCUT2D eigenvalue weighted by molar-refractivity contribution is 7.92. The zero-order valence-electron chi connectivity index (χ0n) is 16.3. The van der Waals surface area contributed by atoms with Crippen LogP contribution in [0.4, 0.5) is 11.4 Å². The minimum Gasteiger partial charge on any atom is -0.494 e. The molecule has 150 valence electrons. The first-order valence-corrected chi connectivity index (χ1v) is 10.5. The summed E-state index contributed by atoms with van der Waals surface area (Å²) in [5, 5.41) is 2.80. The number of anilines is 2. The van der Waals surface area contributed by atoms with Gasteiger partial charge in [0.05, 0.1) is 28.3 Å². The van der Waals surface area contributed by atoms with Gasteiger partial charge in [-0.3, -0.25) is 9.52 Å². The van der Waals surface area contributed by atoms with Crippen LogP contribution in [-0.2, 0) is 14.8 Å². The third-order valence-electron chi connectivity index (χ3n) is 4.44. The number of fused-ring (bicyclic) bond motifs is 1. The van der Waals surface area contributed by atoms with Gasteiger partial charge in [0, 0.05) is 6.07 Å². The third kappa shape index (κ3) is 4.06. The molecule has 2 aromatic carbocycles. The van der Waals surface area contributed by atoms with E-state index in [1.807, 2.05) is 6.92 Å². The molecular weight excluding hydrogens is 380 g/mol. The second-order valence-corrected chi connectivity index (χ2v) is 8.99. The van der Waals surface area contributed by atoms with Gasteiger partial charge in [0.1, 0.15) is 18.1 Å². The highest BCUT2D eigenvalue weighted by Gasteiger charge is 2.32. The van der Waals surface area contributed by atoms with E-state index in [1.165, 1.54) is 6.07 Å². The van der Waals surface area contributed by atoms with E-state index >= 15 is 0 Å². The van der Waals surface area contributed by atoms with E-state index < -0.39 is 15.4 Å². The summed E-state index contributed by atoms with van der Waals surface area (Å²) < 4.78 is 39.2. The molecule has 0 atom stereocenters. The number of nitrogens with one attached hydrogen (secondary N) is 2. The molecule has 0 saturated heterocycles. The van der Waals surface area contributed by atoms with Crippen molar-refractivity contribution >= 4 is 27.3 Å². The molecule has 0 saturated carbocycles. The van der Waals surface area contributed by atoms with Gasteiger partial charge >= 0.3 is 0 Å². The predicted octanol–water partition coefficient (Wildman–Crippen LogP) is 3.55. The fourth-order valence-corrected chi connectivity index (χ4v) is 3.88. The van der Waals surface area contributed by atoms with Crippen molar-refractivity contribution in [1.82, 2.24) is 0 Å². The zero-order valence-corrected chi connectivity index (χ0v) is 17.1. The van der Waals surface area contributed by atoms with Crippen molar-refractivity contribution in [2.24, 2.45) is 5.41 Å².